The van der Waals surface area contributed by atoms with Crippen molar-refractivity contribution in [2.24, 2.45) is 5.84 Å². The molecule has 128 valence electrons. The van der Waals surface area contributed by atoms with Crippen LogP contribution < -0.4 is 15.6 Å². The van der Waals surface area contributed by atoms with Gasteiger partial charge in [-0.15, -0.1) is 0 Å². The minimum atomic E-state index is -3.42. The van der Waals surface area contributed by atoms with E-state index in [1.165, 1.54) is 4.31 Å². The monoisotopic (exact) mass is 347 g/mol. The number of hydrogen-bond donors (Lipinski definition) is 2. The van der Waals surface area contributed by atoms with Crippen LogP contribution in [-0.2, 0) is 16.6 Å². The molecule has 0 saturated heterocycles. The molecule has 6 nitrogen and oxygen atoms in total. The van der Waals surface area contributed by atoms with Gasteiger partial charge in [-0.1, -0.05) is 37.3 Å². The lowest BCUT2D eigenvalue weighted by molar-refractivity contribution is 0.0953. The Morgan fingerprint density at radius 2 is 1.71 bits per heavy atom. The van der Waals surface area contributed by atoms with Gasteiger partial charge in [-0.2, -0.15) is 0 Å². The number of nitrogens with two attached hydrogens (primary N) is 1. The minimum Gasteiger partial charge on any atom is -0.290 e. The first-order valence-electron chi connectivity index (χ1n) is 7.63. The number of sulfonamides is 1. The van der Waals surface area contributed by atoms with Crippen LogP contribution in [0.5, 0.6) is 0 Å². The lowest BCUT2D eigenvalue weighted by atomic mass is 10.1. The van der Waals surface area contributed by atoms with Crippen LogP contribution in [0, 0.1) is 0 Å². The number of hydrogen-bond acceptors (Lipinski definition) is 4. The molecule has 0 heterocycles. The van der Waals surface area contributed by atoms with Gasteiger partial charge in [-0.3, -0.25) is 14.5 Å². The van der Waals surface area contributed by atoms with Gasteiger partial charge in [-0.25, -0.2) is 14.3 Å². The summed E-state index contributed by atoms with van der Waals surface area (Å²) in [5.41, 5.74) is 3.89. The maximum Gasteiger partial charge on any atom is 0.265 e. The van der Waals surface area contributed by atoms with Gasteiger partial charge in [-0.05, 0) is 36.2 Å². The number of nitrogen functional groups attached to an aromatic ring is 1. The second-order valence-corrected chi connectivity index (χ2v) is 7.34. The molecule has 2 aromatic carbocycles. The van der Waals surface area contributed by atoms with Gasteiger partial charge in [0.1, 0.15) is 0 Å². The first-order valence-corrected chi connectivity index (χ1v) is 9.24. The van der Waals surface area contributed by atoms with Crippen molar-refractivity contribution in [1.29, 1.82) is 0 Å². The van der Waals surface area contributed by atoms with Gasteiger partial charge in [0.25, 0.3) is 5.91 Å². The summed E-state index contributed by atoms with van der Waals surface area (Å²) in [6, 6.07) is 15.7. The van der Waals surface area contributed by atoms with Crippen LogP contribution in [0.1, 0.15) is 29.3 Å². The number of carbonyl (C=O) groups excluding carboxylic acids is 1. The summed E-state index contributed by atoms with van der Waals surface area (Å²) in [5.74, 6) is 4.79. The highest BCUT2D eigenvalue weighted by Crippen LogP contribution is 2.21. The number of nitrogens with one attached hydrogen (secondary N) is 1. The van der Waals surface area contributed by atoms with E-state index in [0.717, 1.165) is 5.56 Å². The molecular weight excluding hydrogens is 326 g/mol. The Bertz CT molecular complexity index is 774. The van der Waals surface area contributed by atoms with Gasteiger partial charge in [0.05, 0.1) is 18.0 Å². The fourth-order valence-electron chi connectivity index (χ4n) is 2.32. The number of carbonyl (C=O) groups is 1. The molecule has 0 aliphatic rings. The highest BCUT2D eigenvalue weighted by molar-refractivity contribution is 7.92. The van der Waals surface area contributed by atoms with Gasteiger partial charge in [0, 0.05) is 5.56 Å². The standard InChI is InChI=1S/C17H21N3O3S/c1-2-12-24(22,23)20(16-6-4-3-5-7-16)13-14-8-10-15(11-9-14)17(21)19-18/h3-11H,2,12-13,18H2,1H3,(H,19,21). The Kier molecular flexibility index (Phi) is 5.94. The summed E-state index contributed by atoms with van der Waals surface area (Å²) in [4.78, 5) is 11.5. The lowest BCUT2D eigenvalue weighted by Gasteiger charge is -2.24. The van der Waals surface area contributed by atoms with Crippen LogP contribution >= 0.6 is 0 Å². The molecular formula is C17H21N3O3S. The van der Waals surface area contributed by atoms with Crippen LogP contribution in [0.25, 0.3) is 0 Å². The number of hydrazine groups is 1. The van der Waals surface area contributed by atoms with Crippen molar-refractivity contribution in [1.82, 2.24) is 5.43 Å². The highest BCUT2D eigenvalue weighted by atomic mass is 32.2. The summed E-state index contributed by atoms with van der Waals surface area (Å²) in [6.45, 7) is 2.04. The third-order valence-electron chi connectivity index (χ3n) is 3.52. The first kappa shape index (κ1) is 18.0. The fraction of sp³-hybridized carbons (Fsp3) is 0.235. The van der Waals surface area contributed by atoms with Gasteiger partial charge >= 0.3 is 0 Å². The third-order valence-corrected chi connectivity index (χ3v) is 5.45. The molecule has 0 radical (unpaired) electrons. The first-order chi connectivity index (χ1) is 11.5. The van der Waals surface area contributed by atoms with Crippen molar-refractivity contribution in [2.75, 3.05) is 10.1 Å². The van der Waals surface area contributed by atoms with E-state index < -0.39 is 10.0 Å². The zero-order valence-electron chi connectivity index (χ0n) is 13.5. The Hall–Kier alpha value is -2.38. The van der Waals surface area contributed by atoms with Gasteiger partial charge < -0.3 is 0 Å². The SMILES string of the molecule is CCCS(=O)(=O)N(Cc1ccc(C(=O)NN)cc1)c1ccccc1. The van der Waals surface area contributed by atoms with Crippen LogP contribution in [0.15, 0.2) is 54.6 Å². The molecule has 24 heavy (non-hydrogen) atoms. The van der Waals surface area contributed by atoms with Crippen LogP contribution in [0.2, 0.25) is 0 Å². The van der Waals surface area contributed by atoms with Gasteiger partial charge in [0.2, 0.25) is 10.0 Å². The molecule has 0 unspecified atom stereocenters. The molecule has 0 aliphatic carbocycles. The number of amides is 1. The normalized spacial score (nSPS) is 11.1. The predicted octanol–water partition coefficient (Wildman–Crippen LogP) is 2.04. The summed E-state index contributed by atoms with van der Waals surface area (Å²) in [7, 11) is -3.42. The summed E-state index contributed by atoms with van der Waals surface area (Å²) >= 11 is 0. The van der Waals surface area contributed by atoms with E-state index in [2.05, 4.69) is 5.43 Å². The number of para-hydroxylation sites is 1. The predicted molar refractivity (Wildman–Crippen MR) is 94.8 cm³/mol. The van der Waals surface area contributed by atoms with Crippen molar-refractivity contribution in [3.63, 3.8) is 0 Å². The maximum atomic E-state index is 12.6. The van der Waals surface area contributed by atoms with Crippen LogP contribution in [0.4, 0.5) is 5.69 Å². The molecule has 0 spiro atoms. The molecule has 2 aromatic rings. The Labute approximate surface area is 142 Å². The third kappa shape index (κ3) is 4.33. The average Bonchev–Trinajstić information content (AvgIpc) is 2.60. The van der Waals surface area contributed by atoms with Crippen LogP contribution in [-0.4, -0.2) is 20.1 Å². The average molecular weight is 347 g/mol. The van der Waals surface area contributed by atoms with Crippen molar-refractivity contribution < 1.29 is 13.2 Å². The Morgan fingerprint density at radius 3 is 2.25 bits per heavy atom. The summed E-state index contributed by atoms with van der Waals surface area (Å²) in [5, 5.41) is 0. The van der Waals surface area contributed by atoms with Crippen molar-refractivity contribution in [3.05, 3.63) is 65.7 Å². The zero-order valence-corrected chi connectivity index (χ0v) is 14.3. The van der Waals surface area contributed by atoms with E-state index in [4.69, 9.17) is 5.84 Å². The molecule has 0 aromatic heterocycles. The minimum absolute atomic E-state index is 0.0789. The lowest BCUT2D eigenvalue weighted by Crippen LogP contribution is -2.32. The molecule has 0 bridgehead atoms. The molecule has 0 aliphatic heterocycles. The van der Waals surface area contributed by atoms with E-state index in [-0.39, 0.29) is 18.2 Å². The number of nitrogens with zero attached hydrogens (tertiary/aromatic N) is 1. The zero-order chi connectivity index (χ0) is 17.6. The van der Waals surface area contributed by atoms with E-state index >= 15 is 0 Å². The quantitative estimate of drug-likeness (QED) is 0.455. The molecule has 0 fully saturated rings. The number of rotatable bonds is 7. The molecule has 2 rings (SSSR count). The fourth-order valence-corrected chi connectivity index (χ4v) is 3.85. The maximum absolute atomic E-state index is 12.6. The van der Waals surface area contributed by atoms with Crippen molar-refractivity contribution in [2.45, 2.75) is 19.9 Å². The number of anilines is 1. The van der Waals surface area contributed by atoms with Crippen molar-refractivity contribution >= 4 is 21.6 Å². The summed E-state index contributed by atoms with van der Waals surface area (Å²) < 4.78 is 26.6. The second-order valence-electron chi connectivity index (χ2n) is 5.33. The molecule has 1 amide bonds. The van der Waals surface area contributed by atoms with Gasteiger partial charge in [0.15, 0.2) is 0 Å². The highest BCUT2D eigenvalue weighted by Gasteiger charge is 2.21. The van der Waals surface area contributed by atoms with Crippen LogP contribution in [0.3, 0.4) is 0 Å². The molecule has 0 saturated carbocycles. The molecule has 3 N–H and O–H groups in total. The topological polar surface area (TPSA) is 92.5 Å². The molecule has 0 atom stereocenters. The summed E-state index contributed by atoms with van der Waals surface area (Å²) in [6.07, 6.45) is 0.543. The second kappa shape index (κ2) is 7.94. The number of benzene rings is 2. The van der Waals surface area contributed by atoms with Crippen molar-refractivity contribution in [3.8, 4) is 0 Å². The largest absolute Gasteiger partial charge is 0.290 e. The van der Waals surface area contributed by atoms with E-state index in [1.807, 2.05) is 13.0 Å². The molecule has 7 heteroatoms. The Balaban J connectivity index is 2.31. The van der Waals surface area contributed by atoms with E-state index in [0.29, 0.717) is 17.7 Å². The van der Waals surface area contributed by atoms with E-state index in [1.54, 1.807) is 48.5 Å². The van der Waals surface area contributed by atoms with E-state index in [9.17, 15) is 13.2 Å². The smallest absolute Gasteiger partial charge is 0.265 e. The Morgan fingerprint density at radius 1 is 1.08 bits per heavy atom.